The second-order valence-corrected chi connectivity index (χ2v) is 5.82. The third kappa shape index (κ3) is 4.82. The summed E-state index contributed by atoms with van der Waals surface area (Å²) < 4.78 is 7.16. The van der Waals surface area contributed by atoms with Gasteiger partial charge in [0.05, 0.1) is 19.3 Å². The SMILES string of the molecule is O=C(NCc1cnn(Cc2ccccc2)c1)NC[C@@H]1CCOC1. The average Bonchev–Trinajstić information content (AvgIpc) is 3.24. The molecule has 0 unspecified atom stereocenters. The third-order valence-electron chi connectivity index (χ3n) is 3.90. The van der Waals surface area contributed by atoms with Crippen LogP contribution in [0.5, 0.6) is 0 Å². The molecule has 23 heavy (non-hydrogen) atoms. The number of ether oxygens (including phenoxy) is 1. The summed E-state index contributed by atoms with van der Waals surface area (Å²) in [5.41, 5.74) is 2.19. The highest BCUT2D eigenvalue weighted by Gasteiger charge is 2.16. The summed E-state index contributed by atoms with van der Waals surface area (Å²) >= 11 is 0. The van der Waals surface area contributed by atoms with Gasteiger partial charge in [0.15, 0.2) is 0 Å². The van der Waals surface area contributed by atoms with Crippen LogP contribution in [-0.2, 0) is 17.8 Å². The van der Waals surface area contributed by atoms with E-state index >= 15 is 0 Å². The highest BCUT2D eigenvalue weighted by atomic mass is 16.5. The van der Waals surface area contributed by atoms with Crippen LogP contribution in [0.4, 0.5) is 4.79 Å². The maximum atomic E-state index is 11.8. The van der Waals surface area contributed by atoms with E-state index in [2.05, 4.69) is 27.9 Å². The lowest BCUT2D eigenvalue weighted by atomic mass is 10.1. The first-order valence-corrected chi connectivity index (χ1v) is 7.94. The van der Waals surface area contributed by atoms with Gasteiger partial charge in [-0.2, -0.15) is 5.10 Å². The summed E-state index contributed by atoms with van der Waals surface area (Å²) in [6.45, 7) is 3.41. The smallest absolute Gasteiger partial charge is 0.315 e. The Balaban J connectivity index is 1.41. The molecule has 1 fully saturated rings. The highest BCUT2D eigenvalue weighted by Crippen LogP contribution is 2.10. The molecule has 0 radical (unpaired) electrons. The van der Waals surface area contributed by atoms with Gasteiger partial charge >= 0.3 is 6.03 Å². The van der Waals surface area contributed by atoms with Gasteiger partial charge in [0.2, 0.25) is 0 Å². The quantitative estimate of drug-likeness (QED) is 0.854. The molecule has 122 valence electrons. The van der Waals surface area contributed by atoms with Crippen molar-refractivity contribution in [1.29, 1.82) is 0 Å². The molecule has 3 rings (SSSR count). The van der Waals surface area contributed by atoms with Gasteiger partial charge in [-0.3, -0.25) is 4.68 Å². The Bertz CT molecular complexity index is 621. The second-order valence-electron chi connectivity index (χ2n) is 5.82. The van der Waals surface area contributed by atoms with E-state index in [1.807, 2.05) is 29.1 Å². The van der Waals surface area contributed by atoms with Crippen molar-refractivity contribution < 1.29 is 9.53 Å². The van der Waals surface area contributed by atoms with E-state index in [1.54, 1.807) is 6.20 Å². The lowest BCUT2D eigenvalue weighted by Gasteiger charge is -2.10. The first-order valence-electron chi connectivity index (χ1n) is 7.94. The third-order valence-corrected chi connectivity index (χ3v) is 3.90. The lowest BCUT2D eigenvalue weighted by molar-refractivity contribution is 0.185. The largest absolute Gasteiger partial charge is 0.381 e. The number of nitrogens with one attached hydrogen (secondary N) is 2. The molecular weight excluding hydrogens is 292 g/mol. The van der Waals surface area contributed by atoms with Crippen molar-refractivity contribution in [2.75, 3.05) is 19.8 Å². The number of carbonyl (C=O) groups excluding carboxylic acids is 1. The molecule has 2 amide bonds. The van der Waals surface area contributed by atoms with E-state index in [9.17, 15) is 4.79 Å². The molecule has 2 aromatic rings. The number of carbonyl (C=O) groups is 1. The minimum Gasteiger partial charge on any atom is -0.381 e. The van der Waals surface area contributed by atoms with Crippen LogP contribution in [0, 0.1) is 5.92 Å². The van der Waals surface area contributed by atoms with Crippen LogP contribution in [0.25, 0.3) is 0 Å². The minimum atomic E-state index is -0.146. The number of urea groups is 1. The van der Waals surface area contributed by atoms with Crippen LogP contribution >= 0.6 is 0 Å². The predicted octanol–water partition coefficient (Wildman–Crippen LogP) is 1.77. The molecule has 1 aliphatic heterocycles. The molecule has 1 atom stereocenters. The normalized spacial score (nSPS) is 17.1. The van der Waals surface area contributed by atoms with Crippen molar-refractivity contribution in [1.82, 2.24) is 20.4 Å². The van der Waals surface area contributed by atoms with Crippen LogP contribution < -0.4 is 10.6 Å². The molecule has 1 aromatic carbocycles. The van der Waals surface area contributed by atoms with Crippen LogP contribution in [0.1, 0.15) is 17.5 Å². The zero-order valence-corrected chi connectivity index (χ0v) is 13.1. The first kappa shape index (κ1) is 15.6. The van der Waals surface area contributed by atoms with Crippen LogP contribution in [0.3, 0.4) is 0 Å². The van der Waals surface area contributed by atoms with Gasteiger partial charge in [0.25, 0.3) is 0 Å². The van der Waals surface area contributed by atoms with Crippen molar-refractivity contribution in [2.45, 2.75) is 19.5 Å². The zero-order chi connectivity index (χ0) is 15.9. The summed E-state index contributed by atoms with van der Waals surface area (Å²) in [6, 6.07) is 10.0. The van der Waals surface area contributed by atoms with E-state index in [4.69, 9.17) is 4.74 Å². The van der Waals surface area contributed by atoms with Gasteiger partial charge in [-0.15, -0.1) is 0 Å². The number of rotatable bonds is 6. The molecule has 0 saturated carbocycles. The lowest BCUT2D eigenvalue weighted by Crippen LogP contribution is -2.37. The number of hydrogen-bond acceptors (Lipinski definition) is 3. The first-order chi connectivity index (χ1) is 11.3. The number of nitrogens with zero attached hydrogens (tertiary/aromatic N) is 2. The highest BCUT2D eigenvalue weighted by molar-refractivity contribution is 5.73. The molecule has 1 aliphatic rings. The minimum absolute atomic E-state index is 0.146. The van der Waals surface area contributed by atoms with Crippen molar-refractivity contribution in [3.05, 3.63) is 53.9 Å². The van der Waals surface area contributed by atoms with Crippen molar-refractivity contribution in [3.8, 4) is 0 Å². The van der Waals surface area contributed by atoms with Crippen molar-refractivity contribution in [3.63, 3.8) is 0 Å². The van der Waals surface area contributed by atoms with Gasteiger partial charge in [-0.05, 0) is 12.0 Å². The van der Waals surface area contributed by atoms with Crippen LogP contribution in [-0.4, -0.2) is 35.6 Å². The molecule has 0 bridgehead atoms. The standard InChI is InChI=1S/C17H22N4O2/c22-17(18-8-15-6-7-23-13-15)19-9-16-10-20-21(12-16)11-14-4-2-1-3-5-14/h1-5,10,12,15H,6-9,11,13H2,(H2,18,19,22)/t15-/m0/s1. The summed E-state index contributed by atoms with van der Waals surface area (Å²) in [5, 5.41) is 10.1. The zero-order valence-electron chi connectivity index (χ0n) is 13.1. The monoisotopic (exact) mass is 314 g/mol. The summed E-state index contributed by atoms with van der Waals surface area (Å²) in [5.74, 6) is 0.439. The maximum absolute atomic E-state index is 11.8. The molecule has 1 saturated heterocycles. The fourth-order valence-electron chi connectivity index (χ4n) is 2.58. The van der Waals surface area contributed by atoms with E-state index in [0.29, 0.717) is 19.0 Å². The van der Waals surface area contributed by atoms with Crippen molar-refractivity contribution in [2.24, 2.45) is 5.92 Å². The number of amides is 2. The Morgan fingerprint density at radius 3 is 2.91 bits per heavy atom. The Labute approximate surface area is 135 Å². The van der Waals surface area contributed by atoms with Gasteiger partial charge in [0, 0.05) is 37.4 Å². The van der Waals surface area contributed by atoms with Crippen LogP contribution in [0.2, 0.25) is 0 Å². The number of benzene rings is 1. The Kier molecular flexibility index (Phi) is 5.26. The van der Waals surface area contributed by atoms with Crippen molar-refractivity contribution >= 4 is 6.03 Å². The van der Waals surface area contributed by atoms with E-state index in [-0.39, 0.29) is 6.03 Å². The van der Waals surface area contributed by atoms with Gasteiger partial charge < -0.3 is 15.4 Å². The molecule has 6 heteroatoms. The second kappa shape index (κ2) is 7.78. The summed E-state index contributed by atoms with van der Waals surface area (Å²) in [4.78, 5) is 11.8. The molecule has 6 nitrogen and oxygen atoms in total. The Hall–Kier alpha value is -2.34. The van der Waals surface area contributed by atoms with Gasteiger partial charge in [0.1, 0.15) is 0 Å². The predicted molar refractivity (Wildman–Crippen MR) is 86.9 cm³/mol. The summed E-state index contributed by atoms with van der Waals surface area (Å²) in [6.07, 6.45) is 4.76. The Morgan fingerprint density at radius 1 is 1.26 bits per heavy atom. The maximum Gasteiger partial charge on any atom is 0.315 e. The number of aromatic nitrogens is 2. The molecule has 1 aromatic heterocycles. The molecule has 2 N–H and O–H groups in total. The fraction of sp³-hybridized carbons (Fsp3) is 0.412. The Morgan fingerprint density at radius 2 is 2.13 bits per heavy atom. The topological polar surface area (TPSA) is 68.2 Å². The summed E-state index contributed by atoms with van der Waals surface area (Å²) in [7, 11) is 0. The van der Waals surface area contributed by atoms with E-state index < -0.39 is 0 Å². The molecular formula is C17H22N4O2. The van der Waals surface area contributed by atoms with E-state index in [0.717, 1.165) is 31.7 Å². The van der Waals surface area contributed by atoms with Gasteiger partial charge in [-0.1, -0.05) is 30.3 Å². The number of hydrogen-bond donors (Lipinski definition) is 2. The van der Waals surface area contributed by atoms with E-state index in [1.165, 1.54) is 5.56 Å². The molecule has 2 heterocycles. The fourth-order valence-corrected chi connectivity index (χ4v) is 2.58. The average molecular weight is 314 g/mol. The molecule has 0 aliphatic carbocycles. The molecule has 0 spiro atoms. The van der Waals surface area contributed by atoms with Crippen LogP contribution in [0.15, 0.2) is 42.7 Å². The van der Waals surface area contributed by atoms with Gasteiger partial charge in [-0.25, -0.2) is 4.79 Å².